The Hall–Kier alpha value is -7.32. The first kappa shape index (κ1) is 90.1. The Bertz CT molecular complexity index is 3460. The van der Waals surface area contributed by atoms with Crippen molar-refractivity contribution in [3.63, 3.8) is 0 Å². The molecule has 0 aliphatic carbocycles. The number of carboxylic acids is 1. The van der Waals surface area contributed by atoms with Crippen molar-refractivity contribution >= 4 is 81.7 Å². The molecule has 584 valence electrons. The van der Waals surface area contributed by atoms with Gasteiger partial charge in [-0.25, -0.2) is 14.8 Å². The average molecular weight is 1500 g/mol. The van der Waals surface area contributed by atoms with E-state index >= 15 is 0 Å². The van der Waals surface area contributed by atoms with E-state index in [4.69, 9.17) is 15.5 Å². The van der Waals surface area contributed by atoms with Gasteiger partial charge in [0.25, 0.3) is 5.91 Å². The minimum Gasteiger partial charge on any atom is -0.476 e. The lowest BCUT2D eigenvalue weighted by Crippen LogP contribution is -2.50. The van der Waals surface area contributed by atoms with Crippen LogP contribution in [0, 0.1) is 47.3 Å². The van der Waals surface area contributed by atoms with Crippen LogP contribution in [0.2, 0.25) is 0 Å². The van der Waals surface area contributed by atoms with Crippen LogP contribution in [0.5, 0.6) is 0 Å². The first-order valence-electron chi connectivity index (χ1n) is 37.4. The summed E-state index contributed by atoms with van der Waals surface area (Å²) < 4.78 is 9.60. The van der Waals surface area contributed by atoms with Crippen LogP contribution in [-0.4, -0.2) is 184 Å². The van der Waals surface area contributed by atoms with Gasteiger partial charge in [0.05, 0.1) is 49.2 Å². The maximum Gasteiger partial charge on any atom is 0.355 e. The van der Waals surface area contributed by atoms with Crippen LogP contribution in [-0.2, 0) is 60.7 Å². The van der Waals surface area contributed by atoms with E-state index in [0.29, 0.717) is 42.1 Å². The van der Waals surface area contributed by atoms with Crippen LogP contribution in [0.1, 0.15) is 228 Å². The van der Waals surface area contributed by atoms with Gasteiger partial charge in [0.1, 0.15) is 15.7 Å². The van der Waals surface area contributed by atoms with Gasteiger partial charge >= 0.3 is 17.9 Å². The Kier molecular flexibility index (Phi) is 36.8. The molecule has 6 rings (SSSR count). The molecule has 0 bridgehead atoms. The molecule has 0 radical (unpaired) electrons. The molecule has 2 fully saturated rings. The van der Waals surface area contributed by atoms with Gasteiger partial charge in [-0.2, -0.15) is 0 Å². The summed E-state index contributed by atoms with van der Waals surface area (Å²) in [5, 5.41) is 22.4. The van der Waals surface area contributed by atoms with Crippen LogP contribution in [0.3, 0.4) is 0 Å². The van der Waals surface area contributed by atoms with E-state index in [-0.39, 0.29) is 131 Å². The Balaban J connectivity index is 0.000000380. The number of likely N-dealkylation sites (tertiary alicyclic amines) is 2. The van der Waals surface area contributed by atoms with Gasteiger partial charge in [-0.1, -0.05) is 143 Å². The number of nitrogens with two attached hydrogens (primary N) is 1. The molecule has 0 unspecified atom stereocenters. The quantitative estimate of drug-likeness (QED) is 0.0262. The second-order valence-corrected chi connectivity index (χ2v) is 32.2. The van der Waals surface area contributed by atoms with Crippen molar-refractivity contribution < 1.29 is 62.5 Å². The molecule has 23 nitrogen and oxygen atoms in total. The molecule has 14 atom stereocenters. The number of Topliss-reactive ketones (excluding diaryl/α,β-unsaturated/α-hetero) is 2. The van der Waals surface area contributed by atoms with Crippen molar-refractivity contribution in [1.82, 2.24) is 45.5 Å². The molecule has 25 heteroatoms. The zero-order valence-electron chi connectivity index (χ0n) is 66.2. The number of nitrogens with zero attached hydrogens (tertiary/aromatic N) is 6. The summed E-state index contributed by atoms with van der Waals surface area (Å²) in [7, 11) is 10.3. The zero-order chi connectivity index (χ0) is 78.8. The highest BCUT2D eigenvalue weighted by molar-refractivity contribution is 7.10. The van der Waals surface area contributed by atoms with Crippen molar-refractivity contribution in [2.45, 2.75) is 234 Å². The van der Waals surface area contributed by atoms with Gasteiger partial charge in [0.2, 0.25) is 23.6 Å². The number of aromatic carboxylic acids is 1. The monoisotopic (exact) mass is 1500 g/mol. The number of thiazole rings is 2. The molecule has 2 aromatic heterocycles. The summed E-state index contributed by atoms with van der Waals surface area (Å²) in [5.41, 5.74) is 7.26. The molecule has 6 N–H and O–H groups in total. The molecule has 4 heterocycles. The minimum absolute atomic E-state index is 0.00324. The second-order valence-electron chi connectivity index (χ2n) is 30.4. The smallest absolute Gasteiger partial charge is 0.355 e. The number of carbonyl (C=O) groups is 10. The lowest BCUT2D eigenvalue weighted by atomic mass is 9.80. The molecule has 5 amide bonds. The molecule has 0 saturated carbocycles. The number of ketones is 2. The molecule has 0 spiro atoms. The number of hydrogen-bond donors (Lipinski definition) is 5. The van der Waals surface area contributed by atoms with Crippen molar-refractivity contribution in [3.8, 4) is 0 Å². The van der Waals surface area contributed by atoms with E-state index in [9.17, 15) is 53.1 Å². The molecule has 105 heavy (non-hydrogen) atoms. The summed E-state index contributed by atoms with van der Waals surface area (Å²) in [6.07, 6.45) is 8.58. The third-order valence-corrected chi connectivity index (χ3v) is 23.8. The van der Waals surface area contributed by atoms with Gasteiger partial charge in [-0.05, 0) is 140 Å². The minimum atomic E-state index is -1.13. The topological polar surface area (TPSA) is 310 Å². The van der Waals surface area contributed by atoms with E-state index in [1.165, 1.54) is 61.7 Å². The number of rotatable bonds is 37. The van der Waals surface area contributed by atoms with E-state index in [1.54, 1.807) is 36.2 Å². The number of methoxy groups -OCH3 is 2. The molecule has 2 aromatic carbocycles. The Labute approximate surface area is 633 Å². The second kappa shape index (κ2) is 42.9. The van der Waals surface area contributed by atoms with Crippen LogP contribution in [0.15, 0.2) is 71.4 Å². The Morgan fingerprint density at radius 1 is 0.581 bits per heavy atom. The fourth-order valence-corrected chi connectivity index (χ4v) is 16.0. The molecular weight excluding hydrogens is 1370 g/mol. The maximum atomic E-state index is 14.3. The standard InChI is InChI=1S/C40H61N5O6S.C27H44N4O5S.C13H19NO2/c1-11-26(4)31(22-35(47)40(7)18-15-19-44(40)8)38(49)45(9)34(25(2)3)23-32(41-28(6)46)37-43-33(24-52-37)36(48)42-30(20-27(5)39(50)51-10)21-29-16-13-12-14-17-29;1-9-17(4)19(13-23(33)27(6)11-10-12-30(27)7)25(34)31(8)22(16(2)3)14-20(28-18(5)32)24-29-21(15-37-24)26(35)36;1-10(13(15)16-2)8-12(14)9-11-6-4-3-5-7-11/h12-14,16-17,24-27,30-32,34H,11,15,18-23H2,1-10H3,(H,41,46)(H,42,48);15-17,19-20,22H,9-14H2,1-8H3,(H,28,32)(H,35,36);3-7,10,12H,8-9,14H2,1-2H3/t26-,27-,30+,31-,32+,34+,40+;17-,19-,20+,22+,27+;10-,12+/m000/s1. The SMILES string of the molecule is CC[C@H](C)[C@H](CC(=O)[C@@]1(C)CCCN1C)C(=O)N(C)[C@H](C[C@@H](NC(C)=O)c1nc(C(=O)N[C@@H](Cc2ccccc2)C[C@H](C)C(=O)OC)cs1)C(C)C.CC[C@H](C)[C@H](CC(=O)[C@@]1(C)CCCN1C)C(=O)N(C)[C@H](C[C@@H](NC(C)=O)c1nc(C(=O)O)cs1)C(C)C.COC(=O)[C@@H](C)C[C@@H](N)Cc1ccccc1. The number of amides is 5. The number of ether oxygens (including phenoxy) is 2. The van der Waals surface area contributed by atoms with Crippen molar-refractivity contribution in [1.29, 1.82) is 0 Å². The van der Waals surface area contributed by atoms with Gasteiger partial charge in [0.15, 0.2) is 17.3 Å². The van der Waals surface area contributed by atoms with Gasteiger partial charge < -0.3 is 46.1 Å². The largest absolute Gasteiger partial charge is 0.476 e. The predicted octanol–water partition coefficient (Wildman–Crippen LogP) is 11.6. The number of likely N-dealkylation sites (N-methyl/N-ethyl adjacent to an activating group) is 2. The van der Waals surface area contributed by atoms with Crippen LogP contribution in [0.4, 0.5) is 0 Å². The highest BCUT2D eigenvalue weighted by Gasteiger charge is 2.46. The van der Waals surface area contributed by atoms with Crippen LogP contribution < -0.4 is 21.7 Å². The maximum absolute atomic E-state index is 14.3. The number of hydrogen-bond acceptors (Lipinski definition) is 19. The highest BCUT2D eigenvalue weighted by atomic mass is 32.1. The zero-order valence-corrected chi connectivity index (χ0v) is 67.9. The number of nitrogens with one attached hydrogen (secondary N) is 3. The summed E-state index contributed by atoms with van der Waals surface area (Å²) in [6, 6.07) is 17.8. The molecule has 2 aliphatic rings. The van der Waals surface area contributed by atoms with Gasteiger partial charge in [-0.3, -0.25) is 53.0 Å². The number of esters is 2. The molecule has 2 aliphatic heterocycles. The third-order valence-electron chi connectivity index (χ3n) is 21.8. The first-order chi connectivity index (χ1) is 49.4. The molecule has 2 saturated heterocycles. The first-order valence-corrected chi connectivity index (χ1v) is 39.1. The Morgan fingerprint density at radius 2 is 0.962 bits per heavy atom. The summed E-state index contributed by atoms with van der Waals surface area (Å²) in [4.78, 5) is 145. The summed E-state index contributed by atoms with van der Waals surface area (Å²) >= 11 is 2.46. The van der Waals surface area contributed by atoms with E-state index in [2.05, 4.69) is 35.5 Å². The van der Waals surface area contributed by atoms with Gasteiger partial charge in [-0.15, -0.1) is 22.7 Å². The fraction of sp³-hybridized carbons (Fsp3) is 0.650. The normalized spacial score (nSPS) is 19.4. The van der Waals surface area contributed by atoms with Crippen LogP contribution >= 0.6 is 22.7 Å². The number of carbonyl (C=O) groups excluding carboxylic acids is 9. The summed E-state index contributed by atoms with van der Waals surface area (Å²) in [5.74, 6) is -3.82. The molecule has 4 aromatic rings. The van der Waals surface area contributed by atoms with Gasteiger partial charge in [0, 0.05) is 87.5 Å². The van der Waals surface area contributed by atoms with E-state index < -0.39 is 46.9 Å². The van der Waals surface area contributed by atoms with Crippen molar-refractivity contribution in [3.05, 3.63) is 104 Å². The number of aromatic nitrogens is 2. The van der Waals surface area contributed by atoms with Crippen LogP contribution in [0.25, 0.3) is 0 Å². The Morgan fingerprint density at radius 3 is 1.30 bits per heavy atom. The van der Waals surface area contributed by atoms with E-state index in [1.807, 2.05) is 151 Å². The highest BCUT2D eigenvalue weighted by Crippen LogP contribution is 2.37. The fourth-order valence-electron chi connectivity index (χ4n) is 14.3. The lowest BCUT2D eigenvalue weighted by molar-refractivity contribution is -0.146. The number of benzene rings is 2. The van der Waals surface area contributed by atoms with Crippen molar-refractivity contribution in [2.75, 3.05) is 55.5 Å². The van der Waals surface area contributed by atoms with E-state index in [0.717, 1.165) is 63.6 Å². The molecular formula is C80H124N10O13S2. The number of carboxylic acid groups (broad SMARTS) is 1. The summed E-state index contributed by atoms with van der Waals surface area (Å²) in [6.45, 7) is 28.5. The van der Waals surface area contributed by atoms with Crippen molar-refractivity contribution in [2.24, 2.45) is 53.1 Å². The third kappa shape index (κ3) is 26.5. The average Bonchev–Trinajstić information content (AvgIpc) is 1.03. The predicted molar refractivity (Wildman–Crippen MR) is 413 cm³/mol. The lowest BCUT2D eigenvalue weighted by Gasteiger charge is -2.38.